The summed E-state index contributed by atoms with van der Waals surface area (Å²) in [6.45, 7) is 9.62. The molecule has 0 radical (unpaired) electrons. The van der Waals surface area contributed by atoms with Crippen molar-refractivity contribution in [1.82, 2.24) is 0 Å². The van der Waals surface area contributed by atoms with Gasteiger partial charge in [-0.15, -0.1) is 0 Å². The van der Waals surface area contributed by atoms with Crippen LogP contribution in [0.5, 0.6) is 0 Å². The molecule has 0 aliphatic heterocycles. The molecule has 0 N–H and O–H groups in total. The number of hydrogen-bond acceptors (Lipinski definition) is 6. The third-order valence-electron chi connectivity index (χ3n) is 2.75. The minimum atomic E-state index is -0.441. The number of carbonyl (C=O) groups is 1. The average Bonchev–Trinajstić information content (AvgIpc) is 2.46. The maximum atomic E-state index is 11.4. The normalized spacial score (nSPS) is 11.7. The molecule has 138 valence electrons. The predicted octanol–water partition coefficient (Wildman–Crippen LogP) is 2.58. The second-order valence-corrected chi connectivity index (χ2v) is 6.23. The highest BCUT2D eigenvalue weighted by Gasteiger charge is 2.15. The molecule has 0 spiro atoms. The molecule has 0 unspecified atom stereocenters. The molecular weight excluding hydrogens is 300 g/mol. The first-order valence-corrected chi connectivity index (χ1v) is 8.39. The molecule has 0 bridgehead atoms. The number of unbranched alkanes of at least 4 members (excludes halogenated alkanes) is 2. The molecule has 0 aliphatic rings. The Bertz CT molecular complexity index is 275. The molecule has 6 heteroatoms. The largest absolute Gasteiger partial charge is 0.460 e. The summed E-state index contributed by atoms with van der Waals surface area (Å²) in [7, 11) is 1.72. The Labute approximate surface area is 140 Å². The summed E-state index contributed by atoms with van der Waals surface area (Å²) in [6, 6.07) is 0. The minimum absolute atomic E-state index is 0.239. The summed E-state index contributed by atoms with van der Waals surface area (Å²) in [5.41, 5.74) is -0.441. The van der Waals surface area contributed by atoms with E-state index in [1.165, 1.54) is 0 Å². The lowest BCUT2D eigenvalue weighted by atomic mass is 10.2. The van der Waals surface area contributed by atoms with E-state index in [9.17, 15) is 4.79 Å². The fraction of sp³-hybridized carbons (Fsp3) is 0.941. The van der Waals surface area contributed by atoms with E-state index in [0.717, 1.165) is 32.5 Å². The first-order chi connectivity index (χ1) is 11.0. The van der Waals surface area contributed by atoms with Gasteiger partial charge in [0.15, 0.2) is 0 Å². The highest BCUT2D eigenvalue weighted by atomic mass is 16.6. The van der Waals surface area contributed by atoms with Gasteiger partial charge in [0.1, 0.15) is 5.60 Å². The molecular formula is C17H34O6. The maximum Gasteiger partial charge on any atom is 0.308 e. The van der Waals surface area contributed by atoms with Crippen molar-refractivity contribution in [2.24, 2.45) is 0 Å². The van der Waals surface area contributed by atoms with Crippen molar-refractivity contribution in [2.75, 3.05) is 53.4 Å². The van der Waals surface area contributed by atoms with Crippen molar-refractivity contribution in [3.8, 4) is 0 Å². The molecule has 0 aromatic rings. The van der Waals surface area contributed by atoms with Crippen molar-refractivity contribution < 1.29 is 28.5 Å². The quantitative estimate of drug-likeness (QED) is 0.339. The standard InChI is InChI=1S/C17H34O6/c1-17(2,3)23-16(18)8-11-21-13-15-22-14-12-20-10-7-5-6-9-19-4/h5-15H2,1-4H3. The van der Waals surface area contributed by atoms with Crippen LogP contribution in [-0.2, 0) is 28.5 Å². The van der Waals surface area contributed by atoms with Crippen LogP contribution in [-0.4, -0.2) is 64.9 Å². The van der Waals surface area contributed by atoms with E-state index in [-0.39, 0.29) is 12.4 Å². The second-order valence-electron chi connectivity index (χ2n) is 6.23. The molecule has 0 aliphatic carbocycles. The molecule has 0 saturated heterocycles. The third-order valence-corrected chi connectivity index (χ3v) is 2.75. The van der Waals surface area contributed by atoms with Crippen LogP contribution in [0.15, 0.2) is 0 Å². The van der Waals surface area contributed by atoms with Crippen LogP contribution >= 0.6 is 0 Å². The molecule has 0 rings (SSSR count). The first kappa shape index (κ1) is 22.3. The molecule has 0 fully saturated rings. The smallest absolute Gasteiger partial charge is 0.308 e. The van der Waals surface area contributed by atoms with Crippen molar-refractivity contribution >= 4 is 5.97 Å². The Morgan fingerprint density at radius 3 is 1.83 bits per heavy atom. The van der Waals surface area contributed by atoms with Crippen LogP contribution < -0.4 is 0 Å². The zero-order valence-corrected chi connectivity index (χ0v) is 15.2. The summed E-state index contributed by atoms with van der Waals surface area (Å²) in [6.07, 6.45) is 3.53. The number of ether oxygens (including phenoxy) is 5. The summed E-state index contributed by atoms with van der Waals surface area (Å²) < 4.78 is 26.3. The second kappa shape index (κ2) is 14.9. The van der Waals surface area contributed by atoms with E-state index in [0.29, 0.717) is 33.0 Å². The summed E-state index contributed by atoms with van der Waals surface area (Å²) in [4.78, 5) is 11.4. The van der Waals surface area contributed by atoms with Gasteiger partial charge in [0.05, 0.1) is 39.5 Å². The van der Waals surface area contributed by atoms with Gasteiger partial charge in [0.2, 0.25) is 0 Å². The fourth-order valence-electron chi connectivity index (χ4n) is 1.72. The van der Waals surface area contributed by atoms with Gasteiger partial charge in [-0.1, -0.05) is 0 Å². The van der Waals surface area contributed by atoms with E-state index in [1.54, 1.807) is 7.11 Å². The van der Waals surface area contributed by atoms with Gasteiger partial charge in [-0.25, -0.2) is 0 Å². The highest BCUT2D eigenvalue weighted by Crippen LogP contribution is 2.07. The van der Waals surface area contributed by atoms with Gasteiger partial charge in [0, 0.05) is 20.3 Å². The van der Waals surface area contributed by atoms with E-state index < -0.39 is 5.60 Å². The van der Waals surface area contributed by atoms with Crippen molar-refractivity contribution in [3.63, 3.8) is 0 Å². The lowest BCUT2D eigenvalue weighted by Crippen LogP contribution is -2.24. The number of rotatable bonds is 15. The third kappa shape index (κ3) is 19.3. The molecule has 23 heavy (non-hydrogen) atoms. The topological polar surface area (TPSA) is 63.2 Å². The van der Waals surface area contributed by atoms with Gasteiger partial charge in [-0.05, 0) is 40.0 Å². The van der Waals surface area contributed by atoms with E-state index >= 15 is 0 Å². The Balaban J connectivity index is 3.15. The highest BCUT2D eigenvalue weighted by molar-refractivity contribution is 5.69. The number of methoxy groups -OCH3 is 1. The Kier molecular flexibility index (Phi) is 14.4. The number of hydrogen-bond donors (Lipinski definition) is 0. The Morgan fingerprint density at radius 2 is 1.26 bits per heavy atom. The molecule has 0 amide bonds. The number of carbonyl (C=O) groups excluding carboxylic acids is 1. The molecule has 0 heterocycles. The molecule has 0 saturated carbocycles. The van der Waals surface area contributed by atoms with Crippen LogP contribution in [0.2, 0.25) is 0 Å². The summed E-state index contributed by atoms with van der Waals surface area (Å²) >= 11 is 0. The van der Waals surface area contributed by atoms with Crippen molar-refractivity contribution in [1.29, 1.82) is 0 Å². The SMILES string of the molecule is COCCCCCOCCOCCOCCC(=O)OC(C)(C)C. The van der Waals surface area contributed by atoms with Crippen LogP contribution in [0.3, 0.4) is 0 Å². The van der Waals surface area contributed by atoms with Gasteiger partial charge < -0.3 is 23.7 Å². The van der Waals surface area contributed by atoms with Gasteiger partial charge in [-0.2, -0.15) is 0 Å². The zero-order valence-electron chi connectivity index (χ0n) is 15.2. The Hall–Kier alpha value is -0.690. The van der Waals surface area contributed by atoms with E-state index in [1.807, 2.05) is 20.8 Å². The van der Waals surface area contributed by atoms with Crippen molar-refractivity contribution in [2.45, 2.75) is 52.1 Å². The van der Waals surface area contributed by atoms with Crippen LogP contribution in [0.4, 0.5) is 0 Å². The van der Waals surface area contributed by atoms with Gasteiger partial charge in [-0.3, -0.25) is 4.79 Å². The minimum Gasteiger partial charge on any atom is -0.460 e. The molecule has 0 aromatic heterocycles. The predicted molar refractivity (Wildman–Crippen MR) is 88.6 cm³/mol. The molecule has 6 nitrogen and oxygen atoms in total. The Morgan fingerprint density at radius 1 is 0.739 bits per heavy atom. The average molecular weight is 334 g/mol. The lowest BCUT2D eigenvalue weighted by Gasteiger charge is -2.19. The van der Waals surface area contributed by atoms with E-state index in [4.69, 9.17) is 23.7 Å². The van der Waals surface area contributed by atoms with Crippen molar-refractivity contribution in [3.05, 3.63) is 0 Å². The lowest BCUT2D eigenvalue weighted by molar-refractivity contribution is -0.156. The van der Waals surface area contributed by atoms with Crippen LogP contribution in [0, 0.1) is 0 Å². The molecule has 0 atom stereocenters. The monoisotopic (exact) mass is 334 g/mol. The maximum absolute atomic E-state index is 11.4. The number of esters is 1. The van der Waals surface area contributed by atoms with E-state index in [2.05, 4.69) is 0 Å². The van der Waals surface area contributed by atoms with Crippen LogP contribution in [0.1, 0.15) is 46.5 Å². The van der Waals surface area contributed by atoms with Gasteiger partial charge >= 0.3 is 5.97 Å². The first-order valence-electron chi connectivity index (χ1n) is 8.39. The summed E-state index contributed by atoms with van der Waals surface area (Å²) in [5.74, 6) is -0.239. The summed E-state index contributed by atoms with van der Waals surface area (Å²) in [5, 5.41) is 0. The fourth-order valence-corrected chi connectivity index (χ4v) is 1.72. The van der Waals surface area contributed by atoms with Crippen LogP contribution in [0.25, 0.3) is 0 Å². The zero-order chi connectivity index (χ0) is 17.4. The van der Waals surface area contributed by atoms with Gasteiger partial charge in [0.25, 0.3) is 0 Å². The molecule has 0 aromatic carbocycles.